The van der Waals surface area contributed by atoms with Crippen LogP contribution in [0, 0.1) is 0 Å². The molecule has 278 valence electrons. The van der Waals surface area contributed by atoms with Gasteiger partial charge in [-0.05, 0) is 61.6 Å². The minimum atomic E-state index is -0.303. The Bertz CT molecular complexity index is 1010. The van der Waals surface area contributed by atoms with Crippen molar-refractivity contribution in [3.63, 3.8) is 0 Å². The molecule has 2 aromatic rings. The van der Waals surface area contributed by atoms with E-state index < -0.39 is 0 Å². The first-order valence-electron chi connectivity index (χ1n) is 21.2. The normalized spacial score (nSPS) is 12.0. The van der Waals surface area contributed by atoms with Crippen LogP contribution in [0.4, 0.5) is 0 Å². The summed E-state index contributed by atoms with van der Waals surface area (Å²) in [5.41, 5.74) is 3.01. The van der Waals surface area contributed by atoms with Crippen LogP contribution < -0.4 is 4.74 Å². The summed E-state index contributed by atoms with van der Waals surface area (Å²) in [7, 11) is 0. The van der Waals surface area contributed by atoms with E-state index in [-0.39, 0.29) is 12.1 Å². The molecule has 0 aliphatic carbocycles. The lowest BCUT2D eigenvalue weighted by molar-refractivity contribution is 0.0627. The van der Waals surface area contributed by atoms with Crippen LogP contribution >= 0.6 is 0 Å². The molecule has 0 amide bonds. The molecule has 0 N–H and O–H groups in total. The number of hydrogen-bond donors (Lipinski definition) is 0. The van der Waals surface area contributed by atoms with Gasteiger partial charge in [0.2, 0.25) is 0 Å². The van der Waals surface area contributed by atoms with Gasteiger partial charge in [0.25, 0.3) is 0 Å². The summed E-state index contributed by atoms with van der Waals surface area (Å²) in [6.07, 6.45) is 38.1. The van der Waals surface area contributed by atoms with Crippen LogP contribution in [0.25, 0.3) is 0 Å². The molecule has 49 heavy (non-hydrogen) atoms. The van der Waals surface area contributed by atoms with Gasteiger partial charge in [-0.2, -0.15) is 0 Å². The van der Waals surface area contributed by atoms with Gasteiger partial charge in [-0.1, -0.05) is 199 Å². The lowest BCUT2D eigenvalue weighted by Gasteiger charge is -2.14. The van der Waals surface area contributed by atoms with Crippen molar-refractivity contribution in [1.82, 2.24) is 0 Å². The molecule has 0 saturated heterocycles. The van der Waals surface area contributed by atoms with Crippen molar-refractivity contribution in [3.05, 3.63) is 65.2 Å². The molecule has 3 heteroatoms. The molecule has 0 radical (unpaired) electrons. The Morgan fingerprint density at radius 2 is 0.878 bits per heavy atom. The van der Waals surface area contributed by atoms with Crippen molar-refractivity contribution in [3.8, 4) is 5.75 Å². The Labute approximate surface area is 303 Å². The van der Waals surface area contributed by atoms with Crippen LogP contribution in [0.15, 0.2) is 48.5 Å². The molecule has 0 spiro atoms. The van der Waals surface area contributed by atoms with E-state index in [0.717, 1.165) is 25.0 Å². The molecule has 0 bridgehead atoms. The summed E-state index contributed by atoms with van der Waals surface area (Å²) in [5, 5.41) is 0. The number of benzene rings is 2. The first kappa shape index (κ1) is 43.0. The van der Waals surface area contributed by atoms with Gasteiger partial charge in [0.05, 0.1) is 11.7 Å². The van der Waals surface area contributed by atoms with Gasteiger partial charge in [0.15, 0.2) is 0 Å². The van der Waals surface area contributed by atoms with Gasteiger partial charge < -0.3 is 9.47 Å². The largest absolute Gasteiger partial charge is 0.423 e. The number of ether oxygens (including phenoxy) is 2. The van der Waals surface area contributed by atoms with Crippen LogP contribution in [0.5, 0.6) is 5.75 Å². The van der Waals surface area contributed by atoms with Gasteiger partial charge in [-0.3, -0.25) is 0 Å². The molecule has 3 nitrogen and oxygen atoms in total. The topological polar surface area (TPSA) is 35.5 Å². The van der Waals surface area contributed by atoms with Crippen LogP contribution in [-0.4, -0.2) is 12.6 Å². The van der Waals surface area contributed by atoms with E-state index in [9.17, 15) is 4.79 Å². The van der Waals surface area contributed by atoms with E-state index in [1.165, 1.54) is 173 Å². The summed E-state index contributed by atoms with van der Waals surface area (Å²) in [6, 6.07) is 15.7. The summed E-state index contributed by atoms with van der Waals surface area (Å²) in [5.74, 6) is 0.270. The molecule has 2 aromatic carbocycles. The summed E-state index contributed by atoms with van der Waals surface area (Å²) in [4.78, 5) is 12.8. The van der Waals surface area contributed by atoms with E-state index in [0.29, 0.717) is 11.3 Å². The molecule has 0 fully saturated rings. The molecule has 1 atom stereocenters. The zero-order valence-electron chi connectivity index (χ0n) is 32.4. The number of unbranched alkanes of at least 4 members (excludes halogenated alkanes) is 25. The van der Waals surface area contributed by atoms with Crippen molar-refractivity contribution in [2.24, 2.45) is 0 Å². The maximum Gasteiger partial charge on any atom is 0.343 e. The lowest BCUT2D eigenvalue weighted by Crippen LogP contribution is -2.08. The van der Waals surface area contributed by atoms with Gasteiger partial charge in [-0.15, -0.1) is 0 Å². The second kappa shape index (κ2) is 30.7. The highest BCUT2D eigenvalue weighted by Crippen LogP contribution is 2.22. The van der Waals surface area contributed by atoms with Crippen molar-refractivity contribution < 1.29 is 14.3 Å². The summed E-state index contributed by atoms with van der Waals surface area (Å²) < 4.78 is 11.8. The standard InChI is InChI=1S/C46H76O3/c1-4-6-8-10-12-14-16-18-20-22-24-26-28-30-40-48-41(3)43-36-38-45(39-37-43)49-46(47)44-34-32-42(33-35-44)31-29-27-25-23-21-19-17-15-13-11-9-7-5-2/h32-39,41H,4-31,40H2,1-3H3. The predicted molar refractivity (Wildman–Crippen MR) is 212 cm³/mol. The van der Waals surface area contributed by atoms with Crippen molar-refractivity contribution in [2.45, 2.75) is 207 Å². The lowest BCUT2D eigenvalue weighted by atomic mass is 10.0. The van der Waals surface area contributed by atoms with Crippen molar-refractivity contribution in [1.29, 1.82) is 0 Å². The second-order valence-corrected chi connectivity index (χ2v) is 14.8. The summed E-state index contributed by atoms with van der Waals surface area (Å²) >= 11 is 0. The zero-order chi connectivity index (χ0) is 35.0. The Morgan fingerprint density at radius 1 is 0.490 bits per heavy atom. The Kier molecular flexibility index (Phi) is 26.9. The van der Waals surface area contributed by atoms with E-state index in [4.69, 9.17) is 9.47 Å². The highest BCUT2D eigenvalue weighted by molar-refractivity contribution is 5.91. The highest BCUT2D eigenvalue weighted by atomic mass is 16.5. The number of carbonyl (C=O) groups is 1. The third kappa shape index (κ3) is 23.1. The smallest absolute Gasteiger partial charge is 0.343 e. The number of rotatable bonds is 33. The zero-order valence-corrected chi connectivity index (χ0v) is 32.4. The number of hydrogen-bond acceptors (Lipinski definition) is 3. The van der Waals surface area contributed by atoms with Crippen LogP contribution in [-0.2, 0) is 11.2 Å². The van der Waals surface area contributed by atoms with Gasteiger partial charge in [0, 0.05) is 6.61 Å². The maximum atomic E-state index is 12.8. The van der Waals surface area contributed by atoms with E-state index in [2.05, 4.69) is 32.9 Å². The third-order valence-electron chi connectivity index (χ3n) is 10.2. The van der Waals surface area contributed by atoms with E-state index in [1.807, 2.05) is 36.4 Å². The fourth-order valence-electron chi connectivity index (χ4n) is 6.78. The van der Waals surface area contributed by atoms with Crippen LogP contribution in [0.2, 0.25) is 0 Å². The maximum absolute atomic E-state index is 12.8. The van der Waals surface area contributed by atoms with Crippen LogP contribution in [0.3, 0.4) is 0 Å². The second-order valence-electron chi connectivity index (χ2n) is 14.8. The average Bonchev–Trinajstić information content (AvgIpc) is 3.12. The van der Waals surface area contributed by atoms with Crippen LogP contribution in [0.1, 0.15) is 222 Å². The molecule has 0 saturated carbocycles. The van der Waals surface area contributed by atoms with E-state index in [1.54, 1.807) is 0 Å². The molecule has 0 aliphatic heterocycles. The van der Waals surface area contributed by atoms with E-state index >= 15 is 0 Å². The minimum Gasteiger partial charge on any atom is -0.423 e. The van der Waals surface area contributed by atoms with Gasteiger partial charge >= 0.3 is 5.97 Å². The number of esters is 1. The first-order valence-corrected chi connectivity index (χ1v) is 21.2. The predicted octanol–water partition coefficient (Wildman–Crippen LogP) is 15.1. The van der Waals surface area contributed by atoms with Gasteiger partial charge in [0.1, 0.15) is 5.75 Å². The van der Waals surface area contributed by atoms with Crippen molar-refractivity contribution in [2.75, 3.05) is 6.61 Å². The Hall–Kier alpha value is -2.13. The molecule has 0 heterocycles. The SMILES string of the molecule is CCCCCCCCCCCCCCCCOC(C)c1ccc(OC(=O)c2ccc(CCCCCCCCCCCCCCC)cc2)cc1. The monoisotopic (exact) mass is 677 g/mol. The molecule has 1 unspecified atom stereocenters. The quantitative estimate of drug-likeness (QED) is 0.0429. The molecular formula is C46H76O3. The Balaban J connectivity index is 1.48. The third-order valence-corrected chi connectivity index (χ3v) is 10.2. The van der Waals surface area contributed by atoms with Gasteiger partial charge in [-0.25, -0.2) is 4.79 Å². The van der Waals surface area contributed by atoms with Crippen molar-refractivity contribution >= 4 is 5.97 Å². The fraction of sp³-hybridized carbons (Fsp3) is 0.717. The molecular weight excluding hydrogens is 601 g/mol. The number of aryl methyl sites for hydroxylation is 1. The molecule has 2 rings (SSSR count). The average molecular weight is 677 g/mol. The highest BCUT2D eigenvalue weighted by Gasteiger charge is 2.11. The molecule has 0 aliphatic rings. The molecule has 0 aromatic heterocycles. The Morgan fingerprint density at radius 3 is 1.31 bits per heavy atom. The number of carbonyl (C=O) groups excluding carboxylic acids is 1. The first-order chi connectivity index (χ1) is 24.1. The summed E-state index contributed by atoms with van der Waals surface area (Å²) in [6.45, 7) is 7.47. The minimum absolute atomic E-state index is 0.0363. The fourth-order valence-corrected chi connectivity index (χ4v) is 6.78.